The molecule has 0 aliphatic rings. The third-order valence-electron chi connectivity index (χ3n) is 4.44. The van der Waals surface area contributed by atoms with Crippen LogP contribution in [0.3, 0.4) is 0 Å². The number of ether oxygens (including phenoxy) is 1. The van der Waals surface area contributed by atoms with E-state index in [0.29, 0.717) is 11.3 Å². The zero-order chi connectivity index (χ0) is 20.1. The number of esters is 1. The van der Waals surface area contributed by atoms with Crippen LogP contribution in [0.25, 0.3) is 5.69 Å². The number of hydrogen-bond acceptors (Lipinski definition) is 6. The molecule has 1 N–H and O–H groups in total. The van der Waals surface area contributed by atoms with E-state index >= 15 is 0 Å². The Labute approximate surface area is 162 Å². The Hall–Kier alpha value is -3.55. The lowest BCUT2D eigenvalue weighted by molar-refractivity contribution is -0.124. The minimum atomic E-state index is -0.594. The van der Waals surface area contributed by atoms with Gasteiger partial charge in [0.1, 0.15) is 6.33 Å². The van der Waals surface area contributed by atoms with Gasteiger partial charge in [-0.15, -0.1) is 5.10 Å². The summed E-state index contributed by atoms with van der Waals surface area (Å²) in [6, 6.07) is 12.5. The van der Waals surface area contributed by atoms with E-state index in [1.54, 1.807) is 24.3 Å². The number of nitrogens with one attached hydrogen (secondary N) is 1. The molecule has 0 saturated carbocycles. The zero-order valence-corrected chi connectivity index (χ0v) is 15.9. The molecule has 0 aliphatic heterocycles. The summed E-state index contributed by atoms with van der Waals surface area (Å²) in [5.41, 5.74) is 4.28. The van der Waals surface area contributed by atoms with Crippen molar-refractivity contribution in [2.75, 3.05) is 6.61 Å². The van der Waals surface area contributed by atoms with Gasteiger partial charge in [0.05, 0.1) is 17.3 Å². The van der Waals surface area contributed by atoms with Gasteiger partial charge in [0.2, 0.25) is 0 Å². The summed E-state index contributed by atoms with van der Waals surface area (Å²) in [5.74, 6) is -0.959. The predicted octanol–water partition coefficient (Wildman–Crippen LogP) is 2.31. The van der Waals surface area contributed by atoms with Crippen molar-refractivity contribution < 1.29 is 14.3 Å². The fourth-order valence-electron chi connectivity index (χ4n) is 2.67. The Morgan fingerprint density at radius 3 is 2.68 bits per heavy atom. The van der Waals surface area contributed by atoms with Crippen molar-refractivity contribution in [2.45, 2.75) is 26.8 Å². The molecule has 0 radical (unpaired) electrons. The van der Waals surface area contributed by atoms with Crippen LogP contribution in [0.5, 0.6) is 0 Å². The standard InChI is InChI=1S/C20H21N5O3/c1-13-7-8-16(9-14(13)2)15(3)22-19(26)11-28-20(27)17-5-4-6-18(10-17)25-12-21-23-24-25/h4-10,12,15H,11H2,1-3H3,(H,22,26)/t15-/m1/s1. The molecule has 0 aliphatic carbocycles. The van der Waals surface area contributed by atoms with E-state index in [4.69, 9.17) is 4.74 Å². The fourth-order valence-corrected chi connectivity index (χ4v) is 2.67. The van der Waals surface area contributed by atoms with E-state index in [-0.39, 0.29) is 18.6 Å². The van der Waals surface area contributed by atoms with E-state index < -0.39 is 5.97 Å². The molecule has 1 amide bonds. The highest BCUT2D eigenvalue weighted by atomic mass is 16.5. The molecule has 28 heavy (non-hydrogen) atoms. The molecular formula is C20H21N5O3. The Balaban J connectivity index is 1.56. The van der Waals surface area contributed by atoms with Gasteiger partial charge in [-0.2, -0.15) is 0 Å². The monoisotopic (exact) mass is 379 g/mol. The van der Waals surface area contributed by atoms with Crippen molar-refractivity contribution in [1.82, 2.24) is 25.5 Å². The highest BCUT2D eigenvalue weighted by Crippen LogP contribution is 2.16. The Morgan fingerprint density at radius 1 is 1.14 bits per heavy atom. The molecule has 0 bridgehead atoms. The average Bonchev–Trinajstić information content (AvgIpc) is 3.23. The summed E-state index contributed by atoms with van der Waals surface area (Å²) in [5, 5.41) is 13.7. The van der Waals surface area contributed by atoms with Crippen molar-refractivity contribution in [3.05, 3.63) is 71.0 Å². The number of tetrazole rings is 1. The molecule has 1 heterocycles. The lowest BCUT2D eigenvalue weighted by Crippen LogP contribution is -2.31. The highest BCUT2D eigenvalue weighted by molar-refractivity contribution is 5.91. The SMILES string of the molecule is Cc1ccc([C@@H](C)NC(=O)COC(=O)c2cccc(-n3cnnn3)c2)cc1C. The topological polar surface area (TPSA) is 99.0 Å². The summed E-state index contributed by atoms with van der Waals surface area (Å²) >= 11 is 0. The van der Waals surface area contributed by atoms with Gasteiger partial charge in [0, 0.05) is 0 Å². The van der Waals surface area contributed by atoms with Crippen molar-refractivity contribution >= 4 is 11.9 Å². The van der Waals surface area contributed by atoms with Crippen LogP contribution in [0, 0.1) is 13.8 Å². The van der Waals surface area contributed by atoms with Crippen LogP contribution in [0.4, 0.5) is 0 Å². The number of carbonyl (C=O) groups is 2. The summed E-state index contributed by atoms with van der Waals surface area (Å²) in [6.45, 7) is 5.59. The van der Waals surface area contributed by atoms with E-state index in [1.165, 1.54) is 16.6 Å². The van der Waals surface area contributed by atoms with Crippen LogP contribution in [-0.4, -0.2) is 38.7 Å². The minimum Gasteiger partial charge on any atom is -0.452 e. The van der Waals surface area contributed by atoms with Crippen molar-refractivity contribution in [3.63, 3.8) is 0 Å². The van der Waals surface area contributed by atoms with Crippen LogP contribution < -0.4 is 5.32 Å². The van der Waals surface area contributed by atoms with Gasteiger partial charge in [0.25, 0.3) is 5.91 Å². The highest BCUT2D eigenvalue weighted by Gasteiger charge is 2.14. The van der Waals surface area contributed by atoms with Gasteiger partial charge in [-0.3, -0.25) is 4.79 Å². The quantitative estimate of drug-likeness (QED) is 0.660. The van der Waals surface area contributed by atoms with Gasteiger partial charge < -0.3 is 10.1 Å². The van der Waals surface area contributed by atoms with E-state index in [2.05, 4.69) is 20.8 Å². The zero-order valence-electron chi connectivity index (χ0n) is 15.9. The third kappa shape index (κ3) is 4.59. The molecule has 0 unspecified atom stereocenters. The number of aryl methyl sites for hydroxylation is 2. The van der Waals surface area contributed by atoms with Crippen molar-refractivity contribution in [1.29, 1.82) is 0 Å². The summed E-state index contributed by atoms with van der Waals surface area (Å²) < 4.78 is 6.56. The number of rotatable bonds is 6. The number of nitrogens with zero attached hydrogens (tertiary/aromatic N) is 4. The van der Waals surface area contributed by atoms with Crippen molar-refractivity contribution in [3.8, 4) is 5.69 Å². The third-order valence-corrected chi connectivity index (χ3v) is 4.44. The Kier molecular flexibility index (Phi) is 5.78. The lowest BCUT2D eigenvalue weighted by atomic mass is 10.0. The van der Waals surface area contributed by atoms with Crippen LogP contribution in [0.2, 0.25) is 0 Å². The van der Waals surface area contributed by atoms with Crippen LogP contribution in [0.1, 0.15) is 40.0 Å². The number of aromatic nitrogens is 4. The van der Waals surface area contributed by atoms with Crippen LogP contribution in [0.15, 0.2) is 48.8 Å². The maximum absolute atomic E-state index is 12.2. The smallest absolute Gasteiger partial charge is 0.338 e. The number of amides is 1. The minimum absolute atomic E-state index is 0.186. The largest absolute Gasteiger partial charge is 0.452 e. The van der Waals surface area contributed by atoms with Gasteiger partial charge in [-0.1, -0.05) is 24.3 Å². The number of benzene rings is 2. The molecule has 0 saturated heterocycles. The second-order valence-electron chi connectivity index (χ2n) is 6.51. The van der Waals surface area contributed by atoms with Gasteiger partial charge in [0.15, 0.2) is 6.61 Å². The Bertz CT molecular complexity index is 985. The molecule has 0 spiro atoms. The van der Waals surface area contributed by atoms with Gasteiger partial charge in [-0.25, -0.2) is 9.48 Å². The van der Waals surface area contributed by atoms with Gasteiger partial charge >= 0.3 is 5.97 Å². The van der Waals surface area contributed by atoms with Gasteiger partial charge in [-0.05, 0) is 66.1 Å². The average molecular weight is 379 g/mol. The Morgan fingerprint density at radius 2 is 1.96 bits per heavy atom. The molecular weight excluding hydrogens is 358 g/mol. The molecule has 3 rings (SSSR count). The van der Waals surface area contributed by atoms with Crippen LogP contribution >= 0.6 is 0 Å². The maximum atomic E-state index is 12.2. The lowest BCUT2D eigenvalue weighted by Gasteiger charge is -2.16. The first-order valence-corrected chi connectivity index (χ1v) is 8.81. The summed E-state index contributed by atoms with van der Waals surface area (Å²) in [4.78, 5) is 24.4. The molecule has 2 aromatic carbocycles. The fraction of sp³-hybridized carbons (Fsp3) is 0.250. The maximum Gasteiger partial charge on any atom is 0.338 e. The summed E-state index contributed by atoms with van der Waals surface area (Å²) in [6.07, 6.45) is 1.42. The normalized spacial score (nSPS) is 11.7. The molecule has 1 atom stereocenters. The molecule has 1 aromatic heterocycles. The molecule has 3 aromatic rings. The summed E-state index contributed by atoms with van der Waals surface area (Å²) in [7, 11) is 0. The van der Waals surface area contributed by atoms with Crippen molar-refractivity contribution in [2.24, 2.45) is 0 Å². The first-order valence-electron chi connectivity index (χ1n) is 8.81. The first-order chi connectivity index (χ1) is 13.4. The predicted molar refractivity (Wildman–Crippen MR) is 102 cm³/mol. The first kappa shape index (κ1) is 19.2. The molecule has 8 heteroatoms. The number of hydrogen-bond donors (Lipinski definition) is 1. The molecule has 8 nitrogen and oxygen atoms in total. The second-order valence-corrected chi connectivity index (χ2v) is 6.51. The number of carbonyl (C=O) groups excluding carboxylic acids is 2. The molecule has 144 valence electrons. The van der Waals surface area contributed by atoms with E-state index in [9.17, 15) is 9.59 Å². The van der Waals surface area contributed by atoms with E-state index in [1.807, 2.05) is 39.0 Å². The second kappa shape index (κ2) is 8.43. The van der Waals surface area contributed by atoms with Crippen LogP contribution in [-0.2, 0) is 9.53 Å². The van der Waals surface area contributed by atoms with E-state index in [0.717, 1.165) is 11.1 Å². The molecule has 0 fully saturated rings.